The molecule has 0 aliphatic rings. The van der Waals surface area contributed by atoms with Crippen LogP contribution in [0.5, 0.6) is 5.75 Å². The van der Waals surface area contributed by atoms with Crippen molar-refractivity contribution < 1.29 is 9.53 Å². The standard InChI is InChI=1S/C21H19N3O2/c1-15-13-16(2)23-21(22-15)24-18-9-6-10-19(14-18)26-20(25)12-11-17-7-4-3-5-8-17/h3-14H,1-2H3,(H,22,23,24)/b12-11+. The van der Waals surface area contributed by atoms with E-state index >= 15 is 0 Å². The summed E-state index contributed by atoms with van der Waals surface area (Å²) in [5, 5.41) is 3.13. The fourth-order valence-electron chi connectivity index (χ4n) is 2.43. The van der Waals surface area contributed by atoms with Crippen LogP contribution >= 0.6 is 0 Å². The minimum atomic E-state index is -0.436. The summed E-state index contributed by atoms with van der Waals surface area (Å²) in [5.41, 5.74) is 3.45. The second kappa shape index (κ2) is 8.07. The SMILES string of the molecule is Cc1cc(C)nc(Nc2cccc(OC(=O)/C=C/c3ccccc3)c2)n1. The summed E-state index contributed by atoms with van der Waals surface area (Å²) in [6, 6.07) is 18.6. The smallest absolute Gasteiger partial charge is 0.336 e. The fourth-order valence-corrected chi connectivity index (χ4v) is 2.43. The van der Waals surface area contributed by atoms with Gasteiger partial charge in [-0.05, 0) is 43.7 Å². The van der Waals surface area contributed by atoms with Crippen LogP contribution in [0.15, 0.2) is 66.7 Å². The molecule has 3 rings (SSSR count). The van der Waals surface area contributed by atoms with Crippen LogP contribution in [-0.4, -0.2) is 15.9 Å². The van der Waals surface area contributed by atoms with Gasteiger partial charge in [0.25, 0.3) is 0 Å². The molecule has 2 aromatic carbocycles. The number of carbonyl (C=O) groups is 1. The van der Waals surface area contributed by atoms with E-state index in [1.165, 1.54) is 6.08 Å². The lowest BCUT2D eigenvalue weighted by atomic mass is 10.2. The minimum absolute atomic E-state index is 0.436. The Morgan fingerprint density at radius 3 is 2.42 bits per heavy atom. The van der Waals surface area contributed by atoms with Crippen molar-refractivity contribution in [1.29, 1.82) is 0 Å². The van der Waals surface area contributed by atoms with E-state index in [0.29, 0.717) is 11.7 Å². The van der Waals surface area contributed by atoms with Gasteiger partial charge in [0.1, 0.15) is 5.75 Å². The van der Waals surface area contributed by atoms with Gasteiger partial charge in [-0.1, -0.05) is 36.4 Å². The Labute approximate surface area is 152 Å². The second-order valence-corrected chi connectivity index (χ2v) is 5.79. The Kier molecular flexibility index (Phi) is 5.39. The topological polar surface area (TPSA) is 64.1 Å². The number of aromatic nitrogens is 2. The molecule has 0 radical (unpaired) electrons. The molecule has 0 aliphatic heterocycles. The van der Waals surface area contributed by atoms with Gasteiger partial charge in [-0.2, -0.15) is 0 Å². The molecule has 0 fully saturated rings. The first-order valence-electron chi connectivity index (χ1n) is 8.23. The highest BCUT2D eigenvalue weighted by molar-refractivity contribution is 5.88. The summed E-state index contributed by atoms with van der Waals surface area (Å²) in [7, 11) is 0. The summed E-state index contributed by atoms with van der Waals surface area (Å²) in [5.74, 6) is 0.519. The molecule has 0 saturated carbocycles. The van der Waals surface area contributed by atoms with Crippen LogP contribution in [0, 0.1) is 13.8 Å². The average molecular weight is 345 g/mol. The van der Waals surface area contributed by atoms with Crippen molar-refractivity contribution >= 4 is 23.7 Å². The Morgan fingerprint density at radius 2 is 1.69 bits per heavy atom. The minimum Gasteiger partial charge on any atom is -0.423 e. The van der Waals surface area contributed by atoms with Crippen LogP contribution in [0.25, 0.3) is 6.08 Å². The van der Waals surface area contributed by atoms with E-state index in [4.69, 9.17) is 4.74 Å². The summed E-state index contributed by atoms with van der Waals surface area (Å²) in [4.78, 5) is 20.7. The molecule has 0 bridgehead atoms. The van der Waals surface area contributed by atoms with Crippen LogP contribution in [0.1, 0.15) is 17.0 Å². The van der Waals surface area contributed by atoms with Gasteiger partial charge in [0.15, 0.2) is 0 Å². The highest BCUT2D eigenvalue weighted by Crippen LogP contribution is 2.20. The van der Waals surface area contributed by atoms with Gasteiger partial charge in [-0.25, -0.2) is 14.8 Å². The van der Waals surface area contributed by atoms with Crippen molar-refractivity contribution in [2.24, 2.45) is 0 Å². The second-order valence-electron chi connectivity index (χ2n) is 5.79. The molecule has 3 aromatic rings. The Balaban J connectivity index is 1.67. The average Bonchev–Trinajstić information content (AvgIpc) is 2.60. The summed E-state index contributed by atoms with van der Waals surface area (Å²) in [6.45, 7) is 3.83. The molecule has 0 unspecified atom stereocenters. The highest BCUT2D eigenvalue weighted by Gasteiger charge is 2.04. The number of benzene rings is 2. The lowest BCUT2D eigenvalue weighted by Gasteiger charge is -2.08. The molecule has 5 heteroatoms. The molecule has 5 nitrogen and oxygen atoms in total. The Hall–Kier alpha value is -3.47. The first-order valence-corrected chi connectivity index (χ1v) is 8.23. The molecule has 1 aromatic heterocycles. The number of ether oxygens (including phenoxy) is 1. The fraction of sp³-hybridized carbons (Fsp3) is 0.0952. The Bertz CT molecular complexity index is 917. The van der Waals surface area contributed by atoms with E-state index in [0.717, 1.165) is 22.6 Å². The van der Waals surface area contributed by atoms with Crippen LogP contribution in [0.3, 0.4) is 0 Å². The zero-order chi connectivity index (χ0) is 18.4. The molecule has 1 N–H and O–H groups in total. The molecule has 0 amide bonds. The molecule has 1 heterocycles. The van der Waals surface area contributed by atoms with Gasteiger partial charge in [-0.15, -0.1) is 0 Å². The van der Waals surface area contributed by atoms with Crippen LogP contribution in [0.2, 0.25) is 0 Å². The maximum absolute atomic E-state index is 12.0. The van der Waals surface area contributed by atoms with E-state index in [-0.39, 0.29) is 0 Å². The molecule has 0 aliphatic carbocycles. The van der Waals surface area contributed by atoms with Gasteiger partial charge < -0.3 is 10.1 Å². The largest absolute Gasteiger partial charge is 0.423 e. The number of anilines is 2. The monoisotopic (exact) mass is 345 g/mol. The summed E-state index contributed by atoms with van der Waals surface area (Å²) >= 11 is 0. The molecule has 0 spiro atoms. The predicted molar refractivity (Wildman–Crippen MR) is 102 cm³/mol. The van der Waals surface area contributed by atoms with E-state index < -0.39 is 5.97 Å². The lowest BCUT2D eigenvalue weighted by molar-refractivity contribution is -0.128. The number of carbonyl (C=O) groups excluding carboxylic acids is 1. The third-order valence-corrected chi connectivity index (χ3v) is 3.50. The summed E-state index contributed by atoms with van der Waals surface area (Å²) < 4.78 is 5.36. The third kappa shape index (κ3) is 5.01. The van der Waals surface area contributed by atoms with E-state index in [1.54, 1.807) is 24.3 Å². The van der Waals surface area contributed by atoms with Gasteiger partial charge in [0.2, 0.25) is 5.95 Å². The zero-order valence-electron chi connectivity index (χ0n) is 14.6. The quantitative estimate of drug-likeness (QED) is 0.420. The van der Waals surface area contributed by atoms with E-state index in [1.807, 2.05) is 56.3 Å². The molecular formula is C21H19N3O2. The Morgan fingerprint density at radius 1 is 0.962 bits per heavy atom. The van der Waals surface area contributed by atoms with Crippen molar-refractivity contribution in [2.45, 2.75) is 13.8 Å². The maximum atomic E-state index is 12.0. The van der Waals surface area contributed by atoms with Crippen molar-refractivity contribution in [1.82, 2.24) is 9.97 Å². The number of aryl methyl sites for hydroxylation is 2. The predicted octanol–water partition coefficient (Wildman–Crippen LogP) is 4.46. The van der Waals surface area contributed by atoms with E-state index in [9.17, 15) is 4.79 Å². The van der Waals surface area contributed by atoms with Gasteiger partial charge in [0, 0.05) is 29.2 Å². The zero-order valence-corrected chi connectivity index (χ0v) is 14.6. The van der Waals surface area contributed by atoms with Crippen molar-refractivity contribution in [3.05, 3.63) is 83.7 Å². The maximum Gasteiger partial charge on any atom is 0.336 e. The van der Waals surface area contributed by atoms with Gasteiger partial charge in [0.05, 0.1) is 0 Å². The first kappa shape index (κ1) is 17.4. The number of rotatable bonds is 5. The molecular weight excluding hydrogens is 326 g/mol. The number of nitrogens with one attached hydrogen (secondary N) is 1. The number of nitrogens with zero attached hydrogens (tertiary/aromatic N) is 2. The lowest BCUT2D eigenvalue weighted by Crippen LogP contribution is -2.04. The molecule has 130 valence electrons. The molecule has 0 atom stereocenters. The number of hydrogen-bond donors (Lipinski definition) is 1. The molecule has 0 saturated heterocycles. The highest BCUT2D eigenvalue weighted by atomic mass is 16.5. The normalized spacial score (nSPS) is 10.7. The van der Waals surface area contributed by atoms with Crippen LogP contribution < -0.4 is 10.1 Å². The van der Waals surface area contributed by atoms with Gasteiger partial charge in [-0.3, -0.25) is 0 Å². The van der Waals surface area contributed by atoms with Crippen LogP contribution in [0.4, 0.5) is 11.6 Å². The molecule has 26 heavy (non-hydrogen) atoms. The van der Waals surface area contributed by atoms with Gasteiger partial charge >= 0.3 is 5.97 Å². The third-order valence-electron chi connectivity index (χ3n) is 3.50. The van der Waals surface area contributed by atoms with Crippen LogP contribution in [-0.2, 0) is 4.79 Å². The first-order chi connectivity index (χ1) is 12.6. The van der Waals surface area contributed by atoms with Crippen molar-refractivity contribution in [3.8, 4) is 5.75 Å². The number of hydrogen-bond acceptors (Lipinski definition) is 5. The number of esters is 1. The van der Waals surface area contributed by atoms with E-state index in [2.05, 4.69) is 15.3 Å². The summed E-state index contributed by atoms with van der Waals surface area (Å²) in [6.07, 6.45) is 3.12. The van der Waals surface area contributed by atoms with Crippen molar-refractivity contribution in [3.63, 3.8) is 0 Å². The van der Waals surface area contributed by atoms with Crippen molar-refractivity contribution in [2.75, 3.05) is 5.32 Å².